The normalized spacial score (nSPS) is 27.7. The second-order valence-corrected chi connectivity index (χ2v) is 4.50. The van der Waals surface area contributed by atoms with Crippen molar-refractivity contribution in [3.8, 4) is 0 Å². The molecule has 15 heavy (non-hydrogen) atoms. The number of ether oxygens (including phenoxy) is 1. The predicted octanol–water partition coefficient (Wildman–Crippen LogP) is 0.513. The number of hydrogen-bond donors (Lipinski definition) is 2. The van der Waals surface area contributed by atoms with Crippen LogP contribution in [0.4, 0.5) is 0 Å². The Balaban J connectivity index is 2.18. The number of carbonyl (C=O) groups excluding carboxylic acids is 1. The number of hydrogen-bond acceptors (Lipinski definition) is 3. The van der Waals surface area contributed by atoms with Crippen LogP contribution in [0.15, 0.2) is 0 Å². The monoisotopic (exact) mass is 214 g/mol. The van der Waals surface area contributed by atoms with Crippen LogP contribution in [-0.4, -0.2) is 31.7 Å². The van der Waals surface area contributed by atoms with Gasteiger partial charge in [0.15, 0.2) is 0 Å². The smallest absolute Gasteiger partial charge is 0.225 e. The molecule has 1 fully saturated rings. The molecule has 0 aromatic heterocycles. The highest BCUT2D eigenvalue weighted by atomic mass is 16.5. The van der Waals surface area contributed by atoms with E-state index in [9.17, 15) is 4.79 Å². The molecule has 0 aliphatic carbocycles. The van der Waals surface area contributed by atoms with Gasteiger partial charge in [-0.1, -0.05) is 6.92 Å². The maximum atomic E-state index is 11.7. The highest BCUT2D eigenvalue weighted by Crippen LogP contribution is 2.18. The largest absolute Gasteiger partial charge is 0.378 e. The molecule has 3 atom stereocenters. The highest BCUT2D eigenvalue weighted by Gasteiger charge is 2.27. The van der Waals surface area contributed by atoms with Crippen LogP contribution in [0, 0.1) is 11.8 Å². The minimum Gasteiger partial charge on any atom is -0.378 e. The van der Waals surface area contributed by atoms with E-state index in [2.05, 4.69) is 12.2 Å². The third-order valence-electron chi connectivity index (χ3n) is 2.85. The van der Waals surface area contributed by atoms with Crippen molar-refractivity contribution in [3.05, 3.63) is 0 Å². The Kier molecular flexibility index (Phi) is 5.05. The van der Waals surface area contributed by atoms with Crippen molar-refractivity contribution in [1.82, 2.24) is 5.32 Å². The summed E-state index contributed by atoms with van der Waals surface area (Å²) in [6, 6.07) is 0. The van der Waals surface area contributed by atoms with Gasteiger partial charge in [0.1, 0.15) is 0 Å². The van der Waals surface area contributed by atoms with Gasteiger partial charge in [-0.3, -0.25) is 4.79 Å². The molecule has 1 rings (SSSR count). The minimum atomic E-state index is 0.0464. The molecule has 88 valence electrons. The lowest BCUT2D eigenvalue weighted by Gasteiger charge is -2.13. The van der Waals surface area contributed by atoms with Gasteiger partial charge in [-0.05, 0) is 32.2 Å². The lowest BCUT2D eigenvalue weighted by molar-refractivity contribution is -0.125. The molecule has 0 aromatic carbocycles. The van der Waals surface area contributed by atoms with E-state index in [1.165, 1.54) is 0 Å². The lowest BCUT2D eigenvalue weighted by atomic mass is 10.0. The fourth-order valence-corrected chi connectivity index (χ4v) is 1.81. The first-order valence-corrected chi connectivity index (χ1v) is 5.72. The first-order valence-electron chi connectivity index (χ1n) is 5.72. The molecule has 1 heterocycles. The van der Waals surface area contributed by atoms with Gasteiger partial charge < -0.3 is 15.8 Å². The summed E-state index contributed by atoms with van der Waals surface area (Å²) in [6.07, 6.45) is 2.02. The Morgan fingerprint density at radius 3 is 2.93 bits per heavy atom. The predicted molar refractivity (Wildman–Crippen MR) is 59.4 cm³/mol. The topological polar surface area (TPSA) is 64.3 Å². The number of amides is 1. The molecule has 4 heteroatoms. The van der Waals surface area contributed by atoms with Gasteiger partial charge in [-0.2, -0.15) is 0 Å². The first kappa shape index (κ1) is 12.5. The van der Waals surface area contributed by atoms with Crippen molar-refractivity contribution in [2.75, 3.05) is 19.7 Å². The summed E-state index contributed by atoms with van der Waals surface area (Å²) in [5.74, 6) is 0.631. The van der Waals surface area contributed by atoms with Gasteiger partial charge in [0, 0.05) is 6.54 Å². The van der Waals surface area contributed by atoms with E-state index in [0.29, 0.717) is 19.1 Å². The molecule has 3 unspecified atom stereocenters. The van der Waals surface area contributed by atoms with Gasteiger partial charge in [-0.25, -0.2) is 0 Å². The highest BCUT2D eigenvalue weighted by molar-refractivity contribution is 5.79. The van der Waals surface area contributed by atoms with E-state index in [1.54, 1.807) is 0 Å². The van der Waals surface area contributed by atoms with Crippen LogP contribution in [-0.2, 0) is 9.53 Å². The fraction of sp³-hybridized carbons (Fsp3) is 0.909. The van der Waals surface area contributed by atoms with E-state index >= 15 is 0 Å². The molecular weight excluding hydrogens is 192 g/mol. The van der Waals surface area contributed by atoms with E-state index in [1.807, 2.05) is 6.92 Å². The van der Waals surface area contributed by atoms with E-state index < -0.39 is 0 Å². The SMILES string of the molecule is CC(CCN)CNC(=O)C1COC(C)C1. The second kappa shape index (κ2) is 6.08. The molecule has 0 spiro atoms. The molecule has 1 saturated heterocycles. The average Bonchev–Trinajstić information content (AvgIpc) is 2.62. The Hall–Kier alpha value is -0.610. The van der Waals surface area contributed by atoms with Gasteiger partial charge >= 0.3 is 0 Å². The summed E-state index contributed by atoms with van der Waals surface area (Å²) >= 11 is 0. The summed E-state index contributed by atoms with van der Waals surface area (Å²) in [6.45, 7) is 6.07. The molecule has 4 nitrogen and oxygen atoms in total. The van der Waals surface area contributed by atoms with Crippen LogP contribution in [0.25, 0.3) is 0 Å². The summed E-state index contributed by atoms with van der Waals surface area (Å²) in [7, 11) is 0. The summed E-state index contributed by atoms with van der Waals surface area (Å²) in [5.41, 5.74) is 5.44. The molecule has 0 bridgehead atoms. The molecule has 1 aliphatic heterocycles. The zero-order valence-electron chi connectivity index (χ0n) is 9.66. The molecular formula is C11H22N2O2. The minimum absolute atomic E-state index is 0.0464. The Labute approximate surface area is 91.5 Å². The standard InChI is InChI=1S/C11H22N2O2/c1-8(3-4-12)6-13-11(14)10-5-9(2)15-7-10/h8-10H,3-7,12H2,1-2H3,(H,13,14). The van der Waals surface area contributed by atoms with E-state index in [4.69, 9.17) is 10.5 Å². The summed E-state index contributed by atoms with van der Waals surface area (Å²) in [5, 5.41) is 2.96. The lowest BCUT2D eigenvalue weighted by Crippen LogP contribution is -2.34. The Bertz CT molecular complexity index is 209. The summed E-state index contributed by atoms with van der Waals surface area (Å²) in [4.78, 5) is 11.7. The molecule has 1 amide bonds. The molecule has 0 saturated carbocycles. The maximum Gasteiger partial charge on any atom is 0.225 e. The second-order valence-electron chi connectivity index (χ2n) is 4.50. The van der Waals surface area contributed by atoms with E-state index in [0.717, 1.165) is 19.4 Å². The molecule has 0 aromatic rings. The van der Waals surface area contributed by atoms with Crippen molar-refractivity contribution in [2.45, 2.75) is 32.8 Å². The number of nitrogens with one attached hydrogen (secondary N) is 1. The van der Waals surface area contributed by atoms with Crippen molar-refractivity contribution >= 4 is 5.91 Å². The number of carbonyl (C=O) groups is 1. The molecule has 3 N–H and O–H groups in total. The average molecular weight is 214 g/mol. The van der Waals surface area contributed by atoms with Crippen LogP contribution in [0.2, 0.25) is 0 Å². The van der Waals surface area contributed by atoms with Crippen molar-refractivity contribution in [2.24, 2.45) is 17.6 Å². The summed E-state index contributed by atoms with van der Waals surface area (Å²) < 4.78 is 5.36. The fourth-order valence-electron chi connectivity index (χ4n) is 1.81. The zero-order valence-corrected chi connectivity index (χ0v) is 9.66. The van der Waals surface area contributed by atoms with Gasteiger partial charge in [-0.15, -0.1) is 0 Å². The van der Waals surface area contributed by atoms with Gasteiger partial charge in [0.25, 0.3) is 0 Å². The van der Waals surface area contributed by atoms with Crippen molar-refractivity contribution < 1.29 is 9.53 Å². The van der Waals surface area contributed by atoms with Crippen LogP contribution in [0.5, 0.6) is 0 Å². The van der Waals surface area contributed by atoms with Gasteiger partial charge in [0.05, 0.1) is 18.6 Å². The number of rotatable bonds is 5. The maximum absolute atomic E-state index is 11.7. The van der Waals surface area contributed by atoms with Crippen LogP contribution >= 0.6 is 0 Å². The third-order valence-corrected chi connectivity index (χ3v) is 2.85. The first-order chi connectivity index (χ1) is 7.13. The van der Waals surface area contributed by atoms with Crippen LogP contribution in [0.1, 0.15) is 26.7 Å². The molecule has 0 radical (unpaired) electrons. The van der Waals surface area contributed by atoms with Gasteiger partial charge in [0.2, 0.25) is 5.91 Å². The van der Waals surface area contributed by atoms with Crippen molar-refractivity contribution in [3.63, 3.8) is 0 Å². The van der Waals surface area contributed by atoms with Crippen LogP contribution in [0.3, 0.4) is 0 Å². The van der Waals surface area contributed by atoms with E-state index in [-0.39, 0.29) is 17.9 Å². The third kappa shape index (κ3) is 4.18. The number of nitrogens with two attached hydrogens (primary N) is 1. The van der Waals surface area contributed by atoms with Crippen LogP contribution < -0.4 is 11.1 Å². The Morgan fingerprint density at radius 2 is 2.40 bits per heavy atom. The quantitative estimate of drug-likeness (QED) is 0.701. The van der Waals surface area contributed by atoms with Crippen molar-refractivity contribution in [1.29, 1.82) is 0 Å². The molecule has 1 aliphatic rings. The zero-order chi connectivity index (χ0) is 11.3. The Morgan fingerprint density at radius 1 is 1.67 bits per heavy atom.